The molecule has 0 bridgehead atoms. The molecule has 1 aromatic carbocycles. The van der Waals surface area contributed by atoms with Gasteiger partial charge in [0.1, 0.15) is 5.82 Å². The van der Waals surface area contributed by atoms with Crippen molar-refractivity contribution in [2.75, 3.05) is 7.05 Å². The van der Waals surface area contributed by atoms with Crippen LogP contribution in [0.15, 0.2) is 42.6 Å². The maximum atomic E-state index is 13.1. The van der Waals surface area contributed by atoms with E-state index in [0.717, 1.165) is 23.2 Å². The van der Waals surface area contributed by atoms with Gasteiger partial charge < -0.3 is 5.32 Å². The molecule has 0 fully saturated rings. The van der Waals surface area contributed by atoms with E-state index in [1.165, 1.54) is 6.07 Å². The van der Waals surface area contributed by atoms with Crippen LogP contribution in [0.4, 0.5) is 4.39 Å². The quantitative estimate of drug-likeness (QED) is 0.894. The summed E-state index contributed by atoms with van der Waals surface area (Å²) in [5.74, 6) is -0.185. The van der Waals surface area contributed by atoms with Gasteiger partial charge in [-0.05, 0) is 55.8 Å². The summed E-state index contributed by atoms with van der Waals surface area (Å²) >= 11 is 0. The predicted octanol–water partition coefficient (Wildman–Crippen LogP) is 3.03. The molecule has 1 aromatic heterocycles. The van der Waals surface area contributed by atoms with Crippen molar-refractivity contribution in [2.24, 2.45) is 0 Å². The van der Waals surface area contributed by atoms with Crippen LogP contribution in [0, 0.1) is 12.7 Å². The molecular weight excluding hydrogens is 227 g/mol. The van der Waals surface area contributed by atoms with Gasteiger partial charge in [-0.15, -0.1) is 0 Å². The first-order chi connectivity index (χ1) is 8.70. The molecule has 0 radical (unpaired) electrons. The summed E-state index contributed by atoms with van der Waals surface area (Å²) in [6.07, 6.45) is 2.59. The number of aromatic nitrogens is 1. The first-order valence-corrected chi connectivity index (χ1v) is 6.04. The number of rotatable bonds is 4. The highest BCUT2D eigenvalue weighted by Crippen LogP contribution is 2.19. The Morgan fingerprint density at radius 1 is 1.28 bits per heavy atom. The summed E-state index contributed by atoms with van der Waals surface area (Å²) < 4.78 is 13.1. The van der Waals surface area contributed by atoms with Gasteiger partial charge in [-0.1, -0.05) is 12.1 Å². The monoisotopic (exact) mass is 244 g/mol. The second kappa shape index (κ2) is 5.74. The van der Waals surface area contributed by atoms with Crippen LogP contribution in [0.25, 0.3) is 0 Å². The maximum absolute atomic E-state index is 13.1. The molecule has 0 aliphatic heterocycles. The summed E-state index contributed by atoms with van der Waals surface area (Å²) in [5, 5.41) is 3.25. The molecule has 2 rings (SSSR count). The fraction of sp³-hybridized carbons (Fsp3) is 0.267. The number of likely N-dealkylation sites (N-methyl/N-ethyl adjacent to an activating group) is 1. The molecule has 1 atom stereocenters. The number of halogens is 1. The van der Waals surface area contributed by atoms with Crippen LogP contribution >= 0.6 is 0 Å². The van der Waals surface area contributed by atoms with E-state index >= 15 is 0 Å². The van der Waals surface area contributed by atoms with Crippen molar-refractivity contribution >= 4 is 0 Å². The van der Waals surface area contributed by atoms with Crippen LogP contribution in [0.1, 0.15) is 22.9 Å². The topological polar surface area (TPSA) is 24.9 Å². The lowest BCUT2D eigenvalue weighted by atomic mass is 9.99. The van der Waals surface area contributed by atoms with E-state index in [1.54, 1.807) is 12.3 Å². The zero-order valence-corrected chi connectivity index (χ0v) is 10.7. The Hall–Kier alpha value is -1.74. The van der Waals surface area contributed by atoms with Crippen molar-refractivity contribution in [3.63, 3.8) is 0 Å². The fourth-order valence-electron chi connectivity index (χ4n) is 2.04. The molecule has 94 valence electrons. The van der Waals surface area contributed by atoms with Crippen LogP contribution in [0.3, 0.4) is 0 Å². The van der Waals surface area contributed by atoms with Crippen molar-refractivity contribution in [2.45, 2.75) is 19.4 Å². The highest BCUT2D eigenvalue weighted by atomic mass is 19.1. The molecule has 18 heavy (non-hydrogen) atoms. The SMILES string of the molecule is CNC(Cc1ccc(F)cc1C)c1ccccn1. The number of nitrogens with one attached hydrogen (secondary N) is 1. The Morgan fingerprint density at radius 2 is 2.11 bits per heavy atom. The lowest BCUT2D eigenvalue weighted by Crippen LogP contribution is -2.20. The smallest absolute Gasteiger partial charge is 0.123 e. The molecule has 0 saturated carbocycles. The molecular formula is C15H17FN2. The van der Waals surface area contributed by atoms with Gasteiger partial charge in [-0.2, -0.15) is 0 Å². The molecule has 0 saturated heterocycles. The van der Waals surface area contributed by atoms with Gasteiger partial charge in [0.15, 0.2) is 0 Å². The summed E-state index contributed by atoms with van der Waals surface area (Å²) in [7, 11) is 1.91. The van der Waals surface area contributed by atoms with E-state index in [2.05, 4.69) is 10.3 Å². The number of pyridine rings is 1. The number of hydrogen-bond acceptors (Lipinski definition) is 2. The van der Waals surface area contributed by atoms with Gasteiger partial charge in [0.25, 0.3) is 0 Å². The Bertz CT molecular complexity index is 511. The van der Waals surface area contributed by atoms with Crippen LogP contribution < -0.4 is 5.32 Å². The van der Waals surface area contributed by atoms with Gasteiger partial charge in [-0.25, -0.2) is 4.39 Å². The van der Waals surface area contributed by atoms with Crippen LogP contribution in [-0.4, -0.2) is 12.0 Å². The second-order valence-electron chi connectivity index (χ2n) is 4.37. The Labute approximate surface area is 107 Å². The second-order valence-corrected chi connectivity index (χ2v) is 4.37. The number of aryl methyl sites for hydroxylation is 1. The minimum Gasteiger partial charge on any atom is -0.311 e. The van der Waals surface area contributed by atoms with Crippen molar-refractivity contribution in [1.82, 2.24) is 10.3 Å². The Kier molecular flexibility index (Phi) is 4.05. The maximum Gasteiger partial charge on any atom is 0.123 e. The lowest BCUT2D eigenvalue weighted by molar-refractivity contribution is 0.572. The van der Waals surface area contributed by atoms with E-state index < -0.39 is 0 Å². The zero-order valence-electron chi connectivity index (χ0n) is 10.7. The third-order valence-electron chi connectivity index (χ3n) is 3.12. The molecule has 1 N–H and O–H groups in total. The molecule has 2 aromatic rings. The van der Waals surface area contributed by atoms with E-state index in [1.807, 2.05) is 38.2 Å². The summed E-state index contributed by atoms with van der Waals surface area (Å²) in [5.41, 5.74) is 3.12. The standard InChI is InChI=1S/C15H17FN2/c1-11-9-13(16)7-6-12(11)10-15(17-2)14-5-3-4-8-18-14/h3-9,15,17H,10H2,1-2H3. The lowest BCUT2D eigenvalue weighted by Gasteiger charge is -2.17. The summed E-state index contributed by atoms with van der Waals surface area (Å²) in [6.45, 7) is 1.93. The largest absolute Gasteiger partial charge is 0.311 e. The highest BCUT2D eigenvalue weighted by molar-refractivity contribution is 5.28. The van der Waals surface area contributed by atoms with Gasteiger partial charge in [0.2, 0.25) is 0 Å². The van der Waals surface area contributed by atoms with E-state index in [0.29, 0.717) is 0 Å². The number of hydrogen-bond donors (Lipinski definition) is 1. The molecule has 1 unspecified atom stereocenters. The predicted molar refractivity (Wildman–Crippen MR) is 70.9 cm³/mol. The fourth-order valence-corrected chi connectivity index (χ4v) is 2.04. The third-order valence-corrected chi connectivity index (χ3v) is 3.12. The molecule has 2 nitrogen and oxygen atoms in total. The van der Waals surface area contributed by atoms with Crippen molar-refractivity contribution < 1.29 is 4.39 Å². The number of benzene rings is 1. The first kappa shape index (κ1) is 12.7. The Morgan fingerprint density at radius 3 is 2.72 bits per heavy atom. The van der Waals surface area contributed by atoms with Crippen molar-refractivity contribution in [3.8, 4) is 0 Å². The average molecular weight is 244 g/mol. The summed E-state index contributed by atoms with van der Waals surface area (Å²) in [4.78, 5) is 4.36. The minimum absolute atomic E-state index is 0.148. The van der Waals surface area contributed by atoms with Gasteiger partial charge in [0, 0.05) is 6.20 Å². The molecule has 0 aliphatic rings. The van der Waals surface area contributed by atoms with Crippen LogP contribution in [-0.2, 0) is 6.42 Å². The normalized spacial score (nSPS) is 12.4. The van der Waals surface area contributed by atoms with Gasteiger partial charge in [-0.3, -0.25) is 4.98 Å². The summed E-state index contributed by atoms with van der Waals surface area (Å²) in [6, 6.07) is 10.9. The molecule has 3 heteroatoms. The zero-order chi connectivity index (χ0) is 13.0. The molecule has 1 heterocycles. The first-order valence-electron chi connectivity index (χ1n) is 6.04. The average Bonchev–Trinajstić information content (AvgIpc) is 2.39. The molecule has 0 amide bonds. The highest BCUT2D eigenvalue weighted by Gasteiger charge is 2.12. The number of nitrogens with zero attached hydrogens (tertiary/aromatic N) is 1. The van der Waals surface area contributed by atoms with Gasteiger partial charge >= 0.3 is 0 Å². The minimum atomic E-state index is -0.185. The Balaban J connectivity index is 2.21. The van der Waals surface area contributed by atoms with Crippen LogP contribution in [0.2, 0.25) is 0 Å². The van der Waals surface area contributed by atoms with E-state index in [4.69, 9.17) is 0 Å². The van der Waals surface area contributed by atoms with Crippen molar-refractivity contribution in [3.05, 3.63) is 65.2 Å². The van der Waals surface area contributed by atoms with Crippen molar-refractivity contribution in [1.29, 1.82) is 0 Å². The van der Waals surface area contributed by atoms with Gasteiger partial charge in [0.05, 0.1) is 11.7 Å². The van der Waals surface area contributed by atoms with E-state index in [-0.39, 0.29) is 11.9 Å². The molecule has 0 aliphatic carbocycles. The molecule has 0 spiro atoms. The van der Waals surface area contributed by atoms with E-state index in [9.17, 15) is 4.39 Å². The van der Waals surface area contributed by atoms with Crippen LogP contribution in [0.5, 0.6) is 0 Å². The third kappa shape index (κ3) is 2.93.